The van der Waals surface area contributed by atoms with Crippen molar-refractivity contribution in [3.63, 3.8) is 0 Å². The summed E-state index contributed by atoms with van der Waals surface area (Å²) in [6.45, 7) is 4.19. The monoisotopic (exact) mass is 326 g/mol. The van der Waals surface area contributed by atoms with Crippen LogP contribution in [0.2, 0.25) is 0 Å². The van der Waals surface area contributed by atoms with Crippen molar-refractivity contribution in [1.82, 2.24) is 0 Å². The minimum absolute atomic E-state index is 0.0401. The lowest BCUT2D eigenvalue weighted by molar-refractivity contribution is -0.0795. The normalized spacial score (nSPS) is 24.4. The quantitative estimate of drug-likeness (QED) is 0.921. The highest BCUT2D eigenvalue weighted by Gasteiger charge is 2.48. The zero-order chi connectivity index (χ0) is 14.2. The smallest absolute Gasteiger partial charge is 0.161 e. The van der Waals surface area contributed by atoms with Crippen LogP contribution in [-0.2, 0) is 4.74 Å². The fourth-order valence-electron chi connectivity index (χ4n) is 2.47. The number of nitriles is 1. The molecule has 1 N–H and O–H groups in total. The molecule has 2 rings (SSSR count). The molecular weight excluding hydrogens is 311 g/mol. The van der Waals surface area contributed by atoms with E-state index in [0.29, 0.717) is 11.3 Å². The van der Waals surface area contributed by atoms with Gasteiger partial charge >= 0.3 is 0 Å². The zero-order valence-corrected chi connectivity index (χ0v) is 12.7. The van der Waals surface area contributed by atoms with Gasteiger partial charge < -0.3 is 10.1 Å². The number of methoxy groups -OCH3 is 1. The van der Waals surface area contributed by atoms with Crippen molar-refractivity contribution < 1.29 is 9.13 Å². The lowest BCUT2D eigenvalue weighted by atomic mass is 9.64. The Bertz CT molecular complexity index is 539. The molecule has 2 unspecified atom stereocenters. The van der Waals surface area contributed by atoms with Crippen molar-refractivity contribution in [3.05, 3.63) is 28.0 Å². The van der Waals surface area contributed by atoms with Crippen LogP contribution >= 0.6 is 15.9 Å². The Kier molecular flexibility index (Phi) is 3.84. The Morgan fingerprint density at radius 2 is 2.21 bits per heavy atom. The fourth-order valence-corrected chi connectivity index (χ4v) is 2.90. The van der Waals surface area contributed by atoms with Crippen LogP contribution in [0.4, 0.5) is 10.1 Å². The van der Waals surface area contributed by atoms with E-state index in [-0.39, 0.29) is 22.0 Å². The summed E-state index contributed by atoms with van der Waals surface area (Å²) < 4.78 is 19.7. The van der Waals surface area contributed by atoms with Gasteiger partial charge in [-0.25, -0.2) is 4.39 Å². The molecule has 1 aliphatic rings. The van der Waals surface area contributed by atoms with Crippen LogP contribution in [0.15, 0.2) is 16.6 Å². The highest BCUT2D eigenvalue weighted by atomic mass is 79.9. The molecule has 2 atom stereocenters. The number of benzene rings is 1. The SMILES string of the molecule is COC1CC(Nc2ccc(C#N)c(Br)c2F)C1(C)C. The van der Waals surface area contributed by atoms with Crippen molar-refractivity contribution >= 4 is 21.6 Å². The van der Waals surface area contributed by atoms with Crippen LogP contribution in [-0.4, -0.2) is 19.3 Å². The zero-order valence-electron chi connectivity index (χ0n) is 11.1. The first-order valence-electron chi connectivity index (χ1n) is 6.09. The maximum Gasteiger partial charge on any atom is 0.161 e. The Morgan fingerprint density at radius 3 is 2.74 bits per heavy atom. The Hall–Kier alpha value is -1.12. The number of nitrogens with zero attached hydrogens (tertiary/aromatic N) is 1. The molecule has 0 radical (unpaired) electrons. The summed E-state index contributed by atoms with van der Waals surface area (Å²) in [5.74, 6) is -0.421. The van der Waals surface area contributed by atoms with E-state index < -0.39 is 5.82 Å². The summed E-state index contributed by atoms with van der Waals surface area (Å²) in [5.41, 5.74) is 0.672. The van der Waals surface area contributed by atoms with Crippen LogP contribution in [0, 0.1) is 22.6 Å². The maximum absolute atomic E-state index is 14.1. The topological polar surface area (TPSA) is 45.0 Å². The molecule has 0 spiro atoms. The number of anilines is 1. The number of hydrogen-bond acceptors (Lipinski definition) is 3. The molecule has 1 aromatic carbocycles. The second-order valence-corrected chi connectivity index (χ2v) is 6.17. The molecule has 0 aliphatic heterocycles. The van der Waals surface area contributed by atoms with Crippen molar-refractivity contribution in [1.29, 1.82) is 5.26 Å². The summed E-state index contributed by atoms with van der Waals surface area (Å²) >= 11 is 3.11. The summed E-state index contributed by atoms with van der Waals surface area (Å²) in [6.07, 6.45) is 1.04. The molecule has 1 aliphatic carbocycles. The average Bonchev–Trinajstić information content (AvgIpc) is 2.38. The number of nitrogens with one attached hydrogen (secondary N) is 1. The minimum Gasteiger partial charge on any atom is -0.381 e. The molecule has 3 nitrogen and oxygen atoms in total. The molecule has 0 heterocycles. The Labute approximate surface area is 120 Å². The van der Waals surface area contributed by atoms with Gasteiger partial charge in [0, 0.05) is 18.6 Å². The van der Waals surface area contributed by atoms with Gasteiger partial charge in [0.25, 0.3) is 0 Å². The van der Waals surface area contributed by atoms with Gasteiger partial charge in [0.1, 0.15) is 6.07 Å². The number of rotatable bonds is 3. The minimum atomic E-state index is -0.421. The first-order valence-corrected chi connectivity index (χ1v) is 6.88. The third-order valence-electron chi connectivity index (χ3n) is 3.99. The predicted molar refractivity (Wildman–Crippen MR) is 75.4 cm³/mol. The summed E-state index contributed by atoms with van der Waals surface area (Å²) in [4.78, 5) is 0. The molecular formula is C14H16BrFN2O. The van der Waals surface area contributed by atoms with Gasteiger partial charge in [-0.2, -0.15) is 5.26 Å². The molecule has 5 heteroatoms. The Morgan fingerprint density at radius 1 is 1.53 bits per heavy atom. The highest BCUT2D eigenvalue weighted by molar-refractivity contribution is 9.10. The van der Waals surface area contributed by atoms with Gasteiger partial charge in [-0.05, 0) is 34.5 Å². The Balaban J connectivity index is 2.18. The molecule has 1 saturated carbocycles. The van der Waals surface area contributed by atoms with E-state index in [1.165, 1.54) is 0 Å². The third kappa shape index (κ3) is 2.35. The summed E-state index contributed by atoms with van der Waals surface area (Å²) in [6, 6.07) is 5.31. The molecule has 1 aromatic rings. The molecule has 0 saturated heterocycles. The van der Waals surface area contributed by atoms with Crippen LogP contribution in [0.1, 0.15) is 25.8 Å². The first-order chi connectivity index (χ1) is 8.91. The van der Waals surface area contributed by atoms with Gasteiger partial charge in [-0.15, -0.1) is 0 Å². The van der Waals surface area contributed by atoms with Crippen molar-refractivity contribution in [2.24, 2.45) is 5.41 Å². The van der Waals surface area contributed by atoms with E-state index in [0.717, 1.165) is 6.42 Å². The van der Waals surface area contributed by atoms with Crippen molar-refractivity contribution in [2.45, 2.75) is 32.4 Å². The second-order valence-electron chi connectivity index (χ2n) is 5.38. The van der Waals surface area contributed by atoms with Gasteiger partial charge in [-0.3, -0.25) is 0 Å². The average molecular weight is 327 g/mol. The van der Waals surface area contributed by atoms with Gasteiger partial charge in [0.05, 0.1) is 21.8 Å². The van der Waals surface area contributed by atoms with Crippen molar-refractivity contribution in [3.8, 4) is 6.07 Å². The summed E-state index contributed by atoms with van der Waals surface area (Å²) in [5, 5.41) is 12.0. The lowest BCUT2D eigenvalue weighted by Gasteiger charge is -2.51. The lowest BCUT2D eigenvalue weighted by Crippen LogP contribution is -2.57. The first kappa shape index (κ1) is 14.3. The number of ether oxygens (including phenoxy) is 1. The number of halogens is 2. The van der Waals surface area contributed by atoms with Crippen LogP contribution in [0.3, 0.4) is 0 Å². The van der Waals surface area contributed by atoms with Gasteiger partial charge in [-0.1, -0.05) is 13.8 Å². The van der Waals surface area contributed by atoms with E-state index in [2.05, 4.69) is 35.1 Å². The van der Waals surface area contributed by atoms with Crippen LogP contribution in [0.5, 0.6) is 0 Å². The highest BCUT2D eigenvalue weighted by Crippen LogP contribution is 2.44. The van der Waals surface area contributed by atoms with Crippen molar-refractivity contribution in [2.75, 3.05) is 12.4 Å². The molecule has 0 amide bonds. The van der Waals surface area contributed by atoms with E-state index >= 15 is 0 Å². The molecule has 102 valence electrons. The largest absolute Gasteiger partial charge is 0.381 e. The fraction of sp³-hybridized carbons (Fsp3) is 0.500. The van der Waals surface area contributed by atoms with Crippen LogP contribution in [0.25, 0.3) is 0 Å². The molecule has 1 fully saturated rings. The van der Waals surface area contributed by atoms with Gasteiger partial charge in [0.2, 0.25) is 0 Å². The summed E-state index contributed by atoms with van der Waals surface area (Å²) in [7, 11) is 1.70. The predicted octanol–water partition coefficient (Wildman–Crippen LogP) is 3.69. The van der Waals surface area contributed by atoms with Gasteiger partial charge in [0.15, 0.2) is 5.82 Å². The number of hydrogen-bond donors (Lipinski definition) is 1. The van der Waals surface area contributed by atoms with E-state index in [1.807, 2.05) is 6.07 Å². The standard InChI is InChI=1S/C14H16BrFN2O/c1-14(2)10(6-11(14)19-3)18-9-5-4-8(7-17)12(15)13(9)16/h4-5,10-11,18H,6H2,1-3H3. The molecule has 0 bridgehead atoms. The van der Waals surface area contributed by atoms with E-state index in [1.54, 1.807) is 19.2 Å². The molecule has 0 aromatic heterocycles. The third-order valence-corrected chi connectivity index (χ3v) is 4.77. The molecule has 19 heavy (non-hydrogen) atoms. The van der Waals surface area contributed by atoms with E-state index in [4.69, 9.17) is 10.00 Å². The van der Waals surface area contributed by atoms with E-state index in [9.17, 15) is 4.39 Å². The van der Waals surface area contributed by atoms with Crippen LogP contribution < -0.4 is 5.32 Å². The second kappa shape index (κ2) is 5.10. The maximum atomic E-state index is 14.1.